The minimum Gasteiger partial charge on any atom is -0.481 e. The van der Waals surface area contributed by atoms with Crippen LogP contribution in [0.1, 0.15) is 36.0 Å². The average Bonchev–Trinajstić information content (AvgIpc) is 2.45. The van der Waals surface area contributed by atoms with Gasteiger partial charge in [0, 0.05) is 30.1 Å². The van der Waals surface area contributed by atoms with E-state index in [1.807, 2.05) is 4.90 Å². The van der Waals surface area contributed by atoms with Gasteiger partial charge in [0.2, 0.25) is 0 Å². The first-order valence-corrected chi connectivity index (χ1v) is 7.20. The molecule has 20 heavy (non-hydrogen) atoms. The number of halogens is 1. The van der Waals surface area contributed by atoms with Crippen LogP contribution in [0.3, 0.4) is 0 Å². The molecule has 1 N–H and O–H groups in total. The fourth-order valence-corrected chi connectivity index (χ4v) is 2.75. The molecule has 0 atom stereocenters. The van der Waals surface area contributed by atoms with Crippen molar-refractivity contribution in [2.75, 3.05) is 13.1 Å². The zero-order chi connectivity index (χ0) is 14.5. The van der Waals surface area contributed by atoms with Crippen molar-refractivity contribution in [3.63, 3.8) is 0 Å². The van der Waals surface area contributed by atoms with Gasteiger partial charge in [-0.3, -0.25) is 9.59 Å². The summed E-state index contributed by atoms with van der Waals surface area (Å²) >= 11 is 5.90. The zero-order valence-corrected chi connectivity index (χ0v) is 12.0. The number of rotatable bonds is 4. The third-order valence-corrected chi connectivity index (χ3v) is 3.97. The second-order valence-electron chi connectivity index (χ2n) is 5.18. The molecular formula is C15H18ClNO3. The highest BCUT2D eigenvalue weighted by Crippen LogP contribution is 2.23. The van der Waals surface area contributed by atoms with Gasteiger partial charge in [-0.1, -0.05) is 17.7 Å². The second kappa shape index (κ2) is 6.75. The molecule has 1 aromatic carbocycles. The van der Waals surface area contributed by atoms with Gasteiger partial charge >= 0.3 is 5.97 Å². The van der Waals surface area contributed by atoms with Gasteiger partial charge < -0.3 is 10.0 Å². The molecule has 0 radical (unpaired) electrons. The van der Waals surface area contributed by atoms with Crippen LogP contribution in [-0.2, 0) is 4.79 Å². The van der Waals surface area contributed by atoms with Crippen LogP contribution in [-0.4, -0.2) is 35.0 Å². The molecule has 0 aromatic heterocycles. The SMILES string of the molecule is O=C(O)CCC1CCN(C(=O)c2cccc(Cl)c2)CC1. The van der Waals surface area contributed by atoms with Crippen LogP contribution in [0.5, 0.6) is 0 Å². The fraction of sp³-hybridized carbons (Fsp3) is 0.467. The van der Waals surface area contributed by atoms with E-state index < -0.39 is 5.97 Å². The number of likely N-dealkylation sites (tertiary alicyclic amines) is 1. The van der Waals surface area contributed by atoms with E-state index in [1.54, 1.807) is 24.3 Å². The predicted octanol–water partition coefficient (Wildman–Crippen LogP) is 3.06. The lowest BCUT2D eigenvalue weighted by Gasteiger charge is -2.32. The number of hydrogen-bond donors (Lipinski definition) is 1. The summed E-state index contributed by atoms with van der Waals surface area (Å²) in [6.07, 6.45) is 2.67. The second-order valence-corrected chi connectivity index (χ2v) is 5.61. The van der Waals surface area contributed by atoms with Crippen LogP contribution in [0, 0.1) is 5.92 Å². The molecule has 1 saturated heterocycles. The number of nitrogens with zero attached hydrogens (tertiary/aromatic N) is 1. The van der Waals surface area contributed by atoms with Gasteiger partial charge in [-0.25, -0.2) is 0 Å². The van der Waals surface area contributed by atoms with Crippen molar-refractivity contribution in [2.45, 2.75) is 25.7 Å². The van der Waals surface area contributed by atoms with Gasteiger partial charge in [-0.05, 0) is 43.4 Å². The van der Waals surface area contributed by atoms with E-state index in [0.29, 0.717) is 36.0 Å². The predicted molar refractivity (Wildman–Crippen MR) is 76.9 cm³/mol. The average molecular weight is 296 g/mol. The van der Waals surface area contributed by atoms with Crippen molar-refractivity contribution < 1.29 is 14.7 Å². The summed E-state index contributed by atoms with van der Waals surface area (Å²) in [5.74, 6) is -0.332. The van der Waals surface area contributed by atoms with Crippen LogP contribution >= 0.6 is 11.6 Å². The van der Waals surface area contributed by atoms with E-state index in [4.69, 9.17) is 16.7 Å². The highest BCUT2D eigenvalue weighted by molar-refractivity contribution is 6.30. The number of amides is 1. The van der Waals surface area contributed by atoms with Crippen LogP contribution in [0.25, 0.3) is 0 Å². The number of piperidine rings is 1. The molecule has 1 aliphatic heterocycles. The van der Waals surface area contributed by atoms with Gasteiger partial charge in [0.05, 0.1) is 0 Å². The van der Waals surface area contributed by atoms with E-state index in [-0.39, 0.29) is 12.3 Å². The molecule has 4 nitrogen and oxygen atoms in total. The number of benzene rings is 1. The number of hydrogen-bond acceptors (Lipinski definition) is 2. The Kier molecular flexibility index (Phi) is 5.01. The third-order valence-electron chi connectivity index (χ3n) is 3.74. The first-order chi connectivity index (χ1) is 9.56. The van der Waals surface area contributed by atoms with E-state index in [0.717, 1.165) is 12.8 Å². The van der Waals surface area contributed by atoms with Crippen molar-refractivity contribution in [1.29, 1.82) is 0 Å². The standard InChI is InChI=1S/C15H18ClNO3/c16-13-3-1-2-12(10-13)15(20)17-8-6-11(7-9-17)4-5-14(18)19/h1-3,10-11H,4-9H2,(H,18,19). The van der Waals surface area contributed by atoms with Crippen molar-refractivity contribution in [3.8, 4) is 0 Å². The van der Waals surface area contributed by atoms with E-state index in [9.17, 15) is 9.59 Å². The zero-order valence-electron chi connectivity index (χ0n) is 11.2. The summed E-state index contributed by atoms with van der Waals surface area (Å²) in [5, 5.41) is 9.24. The first-order valence-electron chi connectivity index (χ1n) is 6.83. The van der Waals surface area contributed by atoms with Gasteiger partial charge in [0.15, 0.2) is 0 Å². The lowest BCUT2D eigenvalue weighted by Crippen LogP contribution is -2.38. The summed E-state index contributed by atoms with van der Waals surface area (Å²) in [6.45, 7) is 1.38. The van der Waals surface area contributed by atoms with Crippen molar-refractivity contribution in [3.05, 3.63) is 34.9 Å². The fourth-order valence-electron chi connectivity index (χ4n) is 2.56. The molecular weight excluding hydrogens is 278 g/mol. The Bertz CT molecular complexity index is 496. The molecule has 1 heterocycles. The van der Waals surface area contributed by atoms with Gasteiger partial charge in [-0.2, -0.15) is 0 Å². The molecule has 0 saturated carbocycles. The molecule has 108 valence electrons. The topological polar surface area (TPSA) is 57.6 Å². The van der Waals surface area contributed by atoms with Gasteiger partial charge in [0.1, 0.15) is 0 Å². The van der Waals surface area contributed by atoms with Crippen LogP contribution in [0.2, 0.25) is 5.02 Å². The molecule has 1 amide bonds. The highest BCUT2D eigenvalue weighted by Gasteiger charge is 2.23. The molecule has 1 aliphatic rings. The minimum absolute atomic E-state index is 0.00387. The molecule has 0 spiro atoms. The van der Waals surface area contributed by atoms with Crippen molar-refractivity contribution in [1.82, 2.24) is 4.90 Å². The highest BCUT2D eigenvalue weighted by atomic mass is 35.5. The minimum atomic E-state index is -0.748. The Morgan fingerprint density at radius 1 is 1.30 bits per heavy atom. The third kappa shape index (κ3) is 3.97. The normalized spacial score (nSPS) is 16.1. The van der Waals surface area contributed by atoms with Crippen LogP contribution < -0.4 is 0 Å². The van der Waals surface area contributed by atoms with Gasteiger partial charge in [0.25, 0.3) is 5.91 Å². The summed E-state index contributed by atoms with van der Waals surface area (Å²) in [4.78, 5) is 24.7. The Labute approximate surface area is 123 Å². The van der Waals surface area contributed by atoms with Gasteiger partial charge in [-0.15, -0.1) is 0 Å². The molecule has 0 unspecified atom stereocenters. The molecule has 0 bridgehead atoms. The molecule has 2 rings (SSSR count). The number of carboxylic acid groups (broad SMARTS) is 1. The number of carboxylic acids is 1. The summed E-state index contributed by atoms with van der Waals surface area (Å²) in [6, 6.07) is 6.97. The molecule has 0 aliphatic carbocycles. The van der Waals surface area contributed by atoms with Crippen LogP contribution in [0.4, 0.5) is 0 Å². The largest absolute Gasteiger partial charge is 0.481 e. The Balaban J connectivity index is 1.87. The molecule has 1 aromatic rings. The Morgan fingerprint density at radius 2 is 2.00 bits per heavy atom. The summed E-state index contributed by atoms with van der Waals surface area (Å²) in [7, 11) is 0. The first kappa shape index (κ1) is 14.9. The van der Waals surface area contributed by atoms with E-state index >= 15 is 0 Å². The number of aliphatic carboxylic acids is 1. The van der Waals surface area contributed by atoms with E-state index in [1.165, 1.54) is 0 Å². The lowest BCUT2D eigenvalue weighted by atomic mass is 9.92. The summed E-state index contributed by atoms with van der Waals surface area (Å²) in [5.41, 5.74) is 0.612. The van der Waals surface area contributed by atoms with E-state index in [2.05, 4.69) is 0 Å². The van der Waals surface area contributed by atoms with Crippen LogP contribution in [0.15, 0.2) is 24.3 Å². The monoisotopic (exact) mass is 295 g/mol. The molecule has 5 heteroatoms. The maximum absolute atomic E-state index is 12.3. The maximum atomic E-state index is 12.3. The van der Waals surface area contributed by atoms with Crippen molar-refractivity contribution in [2.24, 2.45) is 5.92 Å². The summed E-state index contributed by atoms with van der Waals surface area (Å²) < 4.78 is 0. The number of carbonyl (C=O) groups is 2. The number of carbonyl (C=O) groups excluding carboxylic acids is 1. The molecule has 1 fully saturated rings. The quantitative estimate of drug-likeness (QED) is 0.929. The maximum Gasteiger partial charge on any atom is 0.303 e. The Morgan fingerprint density at radius 3 is 2.60 bits per heavy atom. The lowest BCUT2D eigenvalue weighted by molar-refractivity contribution is -0.137. The Hall–Kier alpha value is -1.55. The van der Waals surface area contributed by atoms with Crippen molar-refractivity contribution >= 4 is 23.5 Å². The smallest absolute Gasteiger partial charge is 0.303 e.